The summed E-state index contributed by atoms with van der Waals surface area (Å²) in [5.74, 6) is -0.858. The van der Waals surface area contributed by atoms with E-state index in [-0.39, 0.29) is 47.4 Å². The second-order valence-electron chi connectivity index (χ2n) is 10.0. The SMILES string of the molecule is CC(=O)N(C[C@H]1CN(S(=O)(=O)C2=CC=CCC2=S)CCN1c1ccc([C@](C)(O)C(F)(F)F)cc1)c1ccc(F)cc1. The Bertz CT molecular complexity index is 1470. The third-order valence-corrected chi connectivity index (χ3v) is 9.72. The number of carbonyl (C=O) groups excluding carboxylic acids is 1. The van der Waals surface area contributed by atoms with Gasteiger partial charge in [-0.1, -0.05) is 36.5 Å². The lowest BCUT2D eigenvalue weighted by atomic mass is 9.95. The fourth-order valence-corrected chi connectivity index (χ4v) is 6.89. The van der Waals surface area contributed by atoms with E-state index in [1.165, 1.54) is 70.7 Å². The Morgan fingerprint density at radius 2 is 1.73 bits per heavy atom. The van der Waals surface area contributed by atoms with Crippen molar-refractivity contribution in [3.8, 4) is 0 Å². The number of aliphatic hydroxyl groups is 1. The quantitative estimate of drug-likeness (QED) is 0.362. The van der Waals surface area contributed by atoms with Crippen LogP contribution in [0, 0.1) is 5.82 Å². The molecule has 0 radical (unpaired) electrons. The van der Waals surface area contributed by atoms with E-state index in [0.717, 1.165) is 0 Å². The van der Waals surface area contributed by atoms with Crippen molar-refractivity contribution in [2.75, 3.05) is 36.0 Å². The summed E-state index contributed by atoms with van der Waals surface area (Å²) in [4.78, 5) is 16.2. The van der Waals surface area contributed by atoms with Gasteiger partial charge in [-0.2, -0.15) is 17.5 Å². The molecular weight excluding hydrogens is 582 g/mol. The zero-order valence-corrected chi connectivity index (χ0v) is 23.9. The lowest BCUT2D eigenvalue weighted by molar-refractivity contribution is -0.258. The predicted octanol–water partition coefficient (Wildman–Crippen LogP) is 4.68. The Kier molecular flexibility index (Phi) is 8.74. The van der Waals surface area contributed by atoms with Gasteiger partial charge >= 0.3 is 6.18 Å². The van der Waals surface area contributed by atoms with Crippen molar-refractivity contribution in [3.05, 3.63) is 83.0 Å². The summed E-state index contributed by atoms with van der Waals surface area (Å²) in [5, 5.41) is 10.1. The van der Waals surface area contributed by atoms with Gasteiger partial charge in [-0.05, 0) is 55.0 Å². The van der Waals surface area contributed by atoms with Crippen LogP contribution >= 0.6 is 12.2 Å². The van der Waals surface area contributed by atoms with E-state index in [9.17, 15) is 35.9 Å². The largest absolute Gasteiger partial charge is 0.421 e. The Balaban J connectivity index is 1.69. The first-order chi connectivity index (χ1) is 19.1. The van der Waals surface area contributed by atoms with Gasteiger partial charge in [-0.3, -0.25) is 4.79 Å². The highest BCUT2D eigenvalue weighted by atomic mass is 32.2. The van der Waals surface area contributed by atoms with Crippen LogP contribution < -0.4 is 9.80 Å². The van der Waals surface area contributed by atoms with Gasteiger partial charge in [0.1, 0.15) is 5.82 Å². The topological polar surface area (TPSA) is 81.2 Å². The molecule has 1 heterocycles. The molecule has 1 saturated heterocycles. The fourth-order valence-electron chi connectivity index (χ4n) is 4.82. The number of carbonyl (C=O) groups is 1. The molecule has 2 atom stereocenters. The Hall–Kier alpha value is -3.13. The maximum atomic E-state index is 13.6. The minimum atomic E-state index is -4.89. The molecule has 13 heteroatoms. The monoisotopic (exact) mass is 611 g/mol. The van der Waals surface area contributed by atoms with E-state index in [0.29, 0.717) is 24.7 Å². The second-order valence-corrected chi connectivity index (χ2v) is 12.4. The minimum absolute atomic E-state index is 0.00159. The van der Waals surface area contributed by atoms with Crippen LogP contribution in [-0.4, -0.2) is 67.0 Å². The zero-order chi connectivity index (χ0) is 30.2. The predicted molar refractivity (Wildman–Crippen MR) is 153 cm³/mol. The van der Waals surface area contributed by atoms with Gasteiger partial charge in [0, 0.05) is 55.8 Å². The number of thiocarbonyl (C=S) groups is 1. The van der Waals surface area contributed by atoms with E-state index in [1.54, 1.807) is 12.2 Å². The van der Waals surface area contributed by atoms with E-state index in [4.69, 9.17) is 12.2 Å². The molecule has 1 fully saturated rings. The number of benzene rings is 2. The van der Waals surface area contributed by atoms with Crippen LogP contribution in [0.15, 0.2) is 71.7 Å². The molecule has 41 heavy (non-hydrogen) atoms. The smallest absolute Gasteiger partial charge is 0.376 e. The van der Waals surface area contributed by atoms with Gasteiger partial charge in [0.25, 0.3) is 0 Å². The molecule has 220 valence electrons. The summed E-state index contributed by atoms with van der Waals surface area (Å²) in [6, 6.07) is 9.82. The first-order valence-corrected chi connectivity index (χ1v) is 14.6. The number of allylic oxidation sites excluding steroid dienone is 4. The number of rotatable bonds is 7. The molecule has 0 saturated carbocycles. The van der Waals surface area contributed by atoms with Crippen molar-refractivity contribution in [2.24, 2.45) is 0 Å². The standard InChI is InChI=1S/C28H29F4N3O4S2/c1-19(36)35(23-13-9-21(29)10-14-23)18-24-17-33(41(38,39)26-6-4-3-5-25(26)40)15-16-34(24)22-11-7-20(8-12-22)27(2,37)28(30,31)32/h3-4,6-14,24,37H,5,15-18H2,1-2H3/t24-,27+/m1/s1. The summed E-state index contributed by atoms with van der Waals surface area (Å²) in [7, 11) is -3.98. The number of hydrogen-bond donors (Lipinski definition) is 1. The zero-order valence-electron chi connectivity index (χ0n) is 22.3. The van der Waals surface area contributed by atoms with Crippen molar-refractivity contribution in [1.29, 1.82) is 0 Å². The van der Waals surface area contributed by atoms with Crippen LogP contribution in [0.3, 0.4) is 0 Å². The molecule has 7 nitrogen and oxygen atoms in total. The van der Waals surface area contributed by atoms with Crippen LogP contribution in [0.1, 0.15) is 25.8 Å². The molecule has 0 spiro atoms. The minimum Gasteiger partial charge on any atom is -0.376 e. The van der Waals surface area contributed by atoms with Gasteiger partial charge in [0.2, 0.25) is 15.9 Å². The van der Waals surface area contributed by atoms with Gasteiger partial charge in [-0.15, -0.1) is 0 Å². The molecule has 1 amide bonds. The summed E-state index contributed by atoms with van der Waals surface area (Å²) < 4.78 is 82.2. The maximum absolute atomic E-state index is 13.6. The number of anilines is 2. The highest BCUT2D eigenvalue weighted by Gasteiger charge is 2.51. The Labute approximate surface area is 241 Å². The molecule has 2 aromatic rings. The fraction of sp³-hybridized carbons (Fsp3) is 0.357. The average Bonchev–Trinajstić information content (AvgIpc) is 2.91. The summed E-state index contributed by atoms with van der Waals surface area (Å²) >= 11 is 5.30. The molecule has 0 bridgehead atoms. The van der Waals surface area contributed by atoms with Crippen molar-refractivity contribution in [3.63, 3.8) is 0 Å². The first kappa shape index (κ1) is 30.8. The highest BCUT2D eigenvalue weighted by molar-refractivity contribution is 7.96. The van der Waals surface area contributed by atoms with Crippen molar-refractivity contribution < 1.29 is 35.9 Å². The summed E-state index contributed by atoms with van der Waals surface area (Å²) in [6.07, 6.45) is 0.266. The van der Waals surface area contributed by atoms with Crippen LogP contribution in [0.2, 0.25) is 0 Å². The van der Waals surface area contributed by atoms with E-state index in [2.05, 4.69) is 0 Å². The second kappa shape index (κ2) is 11.6. The molecule has 2 aromatic carbocycles. The number of sulfonamides is 1. The summed E-state index contributed by atoms with van der Waals surface area (Å²) in [5.41, 5.74) is -2.54. The van der Waals surface area contributed by atoms with Gasteiger partial charge < -0.3 is 14.9 Å². The molecule has 4 rings (SSSR count). The van der Waals surface area contributed by atoms with Gasteiger partial charge in [0.15, 0.2) is 5.60 Å². The van der Waals surface area contributed by atoms with Crippen LogP contribution in [0.4, 0.5) is 28.9 Å². The van der Waals surface area contributed by atoms with Crippen LogP contribution in [0.5, 0.6) is 0 Å². The molecule has 0 unspecified atom stereocenters. The van der Waals surface area contributed by atoms with Crippen molar-refractivity contribution in [1.82, 2.24) is 4.31 Å². The van der Waals surface area contributed by atoms with E-state index < -0.39 is 33.7 Å². The number of nitrogens with zero attached hydrogens (tertiary/aromatic N) is 3. The van der Waals surface area contributed by atoms with Gasteiger partial charge in [0.05, 0.1) is 10.9 Å². The number of alkyl halides is 3. The molecule has 1 N–H and O–H groups in total. The molecule has 0 aromatic heterocycles. The summed E-state index contributed by atoms with van der Waals surface area (Å²) in [6.45, 7) is 2.15. The number of hydrogen-bond acceptors (Lipinski definition) is 6. The molecule has 1 aliphatic heterocycles. The lowest BCUT2D eigenvalue weighted by Crippen LogP contribution is -2.59. The maximum Gasteiger partial charge on any atom is 0.421 e. The number of halogens is 4. The highest BCUT2D eigenvalue weighted by Crippen LogP contribution is 2.39. The normalized spacial score (nSPS) is 20.0. The molecular formula is C28H29F4N3O4S2. The Morgan fingerprint density at radius 1 is 1.10 bits per heavy atom. The molecule has 1 aliphatic carbocycles. The van der Waals surface area contributed by atoms with Crippen LogP contribution in [0.25, 0.3) is 0 Å². The van der Waals surface area contributed by atoms with Crippen molar-refractivity contribution in [2.45, 2.75) is 38.1 Å². The lowest BCUT2D eigenvalue weighted by Gasteiger charge is -2.44. The number of amides is 1. The Morgan fingerprint density at radius 3 is 2.29 bits per heavy atom. The van der Waals surface area contributed by atoms with Gasteiger partial charge in [-0.25, -0.2) is 12.8 Å². The number of piperazine rings is 1. The average molecular weight is 612 g/mol. The van der Waals surface area contributed by atoms with E-state index in [1.807, 2.05) is 4.90 Å². The van der Waals surface area contributed by atoms with E-state index >= 15 is 0 Å². The van der Waals surface area contributed by atoms with Crippen molar-refractivity contribution >= 4 is 44.4 Å². The first-order valence-electron chi connectivity index (χ1n) is 12.7. The molecule has 2 aliphatic rings. The van der Waals surface area contributed by atoms with Crippen LogP contribution in [-0.2, 0) is 20.4 Å². The third kappa shape index (κ3) is 6.37. The third-order valence-electron chi connectivity index (χ3n) is 7.25.